The number of hydrogen-bond acceptors (Lipinski definition) is 1. The Balaban J connectivity index is 2.56. The molecule has 0 aromatic heterocycles. The highest BCUT2D eigenvalue weighted by atomic mass is 16.2. The second-order valence-corrected chi connectivity index (χ2v) is 3.60. The van der Waals surface area contributed by atoms with Crippen LogP contribution in [0.5, 0.6) is 0 Å². The minimum atomic E-state index is -0.0335. The van der Waals surface area contributed by atoms with Crippen molar-refractivity contribution < 1.29 is 4.79 Å². The lowest BCUT2D eigenvalue weighted by atomic mass is 10.1. The predicted octanol–water partition coefficient (Wildman–Crippen LogP) is 2.41. The van der Waals surface area contributed by atoms with Crippen LogP contribution in [0.1, 0.15) is 25.5 Å². The van der Waals surface area contributed by atoms with Gasteiger partial charge in [-0.1, -0.05) is 30.3 Å². The van der Waals surface area contributed by atoms with E-state index < -0.39 is 0 Å². The Morgan fingerprint density at radius 3 is 2.53 bits per heavy atom. The van der Waals surface area contributed by atoms with E-state index in [-0.39, 0.29) is 12.1 Å². The van der Waals surface area contributed by atoms with E-state index in [9.17, 15) is 4.79 Å². The third kappa shape index (κ3) is 3.27. The molecule has 1 atom stereocenters. The molecule has 0 unspecified atom stereocenters. The molecule has 1 N–H and O–H groups in total. The molecular formula is C12H18N2O. The lowest BCUT2D eigenvalue weighted by Gasteiger charge is -2.20. The summed E-state index contributed by atoms with van der Waals surface area (Å²) in [5, 5.41) is 2.93. The Hall–Kier alpha value is -1.51. The van der Waals surface area contributed by atoms with Crippen LogP contribution in [0, 0.1) is 0 Å². The highest BCUT2D eigenvalue weighted by Crippen LogP contribution is 2.11. The monoisotopic (exact) mass is 206 g/mol. The van der Waals surface area contributed by atoms with E-state index in [0.29, 0.717) is 6.54 Å². The summed E-state index contributed by atoms with van der Waals surface area (Å²) in [5.74, 6) is 0. The van der Waals surface area contributed by atoms with Crippen LogP contribution in [0.4, 0.5) is 4.79 Å². The molecule has 0 spiro atoms. The van der Waals surface area contributed by atoms with Crippen LogP contribution in [-0.2, 0) is 0 Å². The van der Waals surface area contributed by atoms with Crippen LogP contribution in [0.3, 0.4) is 0 Å². The Bertz CT molecular complexity index is 311. The van der Waals surface area contributed by atoms with Gasteiger partial charge in [0.05, 0.1) is 6.04 Å². The number of nitrogens with zero attached hydrogens (tertiary/aromatic N) is 1. The molecule has 0 aliphatic carbocycles. The van der Waals surface area contributed by atoms with Gasteiger partial charge in [0.25, 0.3) is 0 Å². The molecule has 0 radical (unpaired) electrons. The fourth-order valence-electron chi connectivity index (χ4n) is 1.26. The Kier molecular flexibility index (Phi) is 4.16. The largest absolute Gasteiger partial charge is 0.331 e. The van der Waals surface area contributed by atoms with Gasteiger partial charge in [-0.2, -0.15) is 0 Å². The van der Waals surface area contributed by atoms with Crippen molar-refractivity contribution in [3.05, 3.63) is 35.9 Å². The molecule has 0 saturated carbocycles. The van der Waals surface area contributed by atoms with Crippen molar-refractivity contribution in [2.75, 3.05) is 13.6 Å². The Morgan fingerprint density at radius 1 is 1.40 bits per heavy atom. The van der Waals surface area contributed by atoms with Gasteiger partial charge in [-0.05, 0) is 19.4 Å². The summed E-state index contributed by atoms with van der Waals surface area (Å²) in [7, 11) is 1.78. The lowest BCUT2D eigenvalue weighted by molar-refractivity contribution is 0.208. The molecule has 0 aliphatic heterocycles. The molecule has 1 aromatic carbocycles. The molecule has 0 aliphatic rings. The quantitative estimate of drug-likeness (QED) is 0.809. The summed E-state index contributed by atoms with van der Waals surface area (Å²) in [5.41, 5.74) is 1.12. The minimum Gasteiger partial charge on any atom is -0.331 e. The first-order valence-corrected chi connectivity index (χ1v) is 5.21. The normalized spacial score (nSPS) is 11.9. The maximum atomic E-state index is 11.6. The van der Waals surface area contributed by atoms with Crippen molar-refractivity contribution in [1.82, 2.24) is 10.2 Å². The van der Waals surface area contributed by atoms with E-state index in [1.54, 1.807) is 11.9 Å². The van der Waals surface area contributed by atoms with Crippen LogP contribution in [-0.4, -0.2) is 24.5 Å². The van der Waals surface area contributed by atoms with E-state index in [1.807, 2.05) is 44.2 Å². The van der Waals surface area contributed by atoms with Gasteiger partial charge in [-0.25, -0.2) is 4.79 Å². The molecule has 3 nitrogen and oxygen atoms in total. The maximum Gasteiger partial charge on any atom is 0.317 e. The summed E-state index contributed by atoms with van der Waals surface area (Å²) < 4.78 is 0. The number of carbonyl (C=O) groups is 1. The predicted molar refractivity (Wildman–Crippen MR) is 61.7 cm³/mol. The van der Waals surface area contributed by atoms with E-state index in [2.05, 4.69) is 5.32 Å². The molecule has 2 amide bonds. The topological polar surface area (TPSA) is 32.3 Å². The fraction of sp³-hybridized carbons (Fsp3) is 0.417. The zero-order valence-corrected chi connectivity index (χ0v) is 9.53. The van der Waals surface area contributed by atoms with Crippen LogP contribution in [0.2, 0.25) is 0 Å². The molecule has 0 saturated heterocycles. The zero-order chi connectivity index (χ0) is 11.3. The molecule has 3 heteroatoms. The first-order chi connectivity index (χ1) is 7.15. The van der Waals surface area contributed by atoms with Gasteiger partial charge in [0.15, 0.2) is 0 Å². The van der Waals surface area contributed by atoms with Gasteiger partial charge >= 0.3 is 6.03 Å². The van der Waals surface area contributed by atoms with Crippen molar-refractivity contribution in [3.8, 4) is 0 Å². The van der Waals surface area contributed by atoms with Crippen molar-refractivity contribution in [1.29, 1.82) is 0 Å². The molecule has 15 heavy (non-hydrogen) atoms. The van der Waals surface area contributed by atoms with Crippen LogP contribution in [0.15, 0.2) is 30.3 Å². The first kappa shape index (κ1) is 11.6. The fourth-order valence-corrected chi connectivity index (χ4v) is 1.26. The van der Waals surface area contributed by atoms with Crippen LogP contribution < -0.4 is 5.32 Å². The average Bonchev–Trinajstić information content (AvgIpc) is 2.29. The standard InChI is InChI=1S/C12H18N2O/c1-4-14(3)12(15)13-10(2)11-8-6-5-7-9-11/h5-10H,4H2,1-3H3,(H,13,15)/t10-/m0/s1. The lowest BCUT2D eigenvalue weighted by Crippen LogP contribution is -2.38. The molecule has 1 rings (SSSR count). The van der Waals surface area contributed by atoms with E-state index >= 15 is 0 Å². The van der Waals surface area contributed by atoms with Crippen LogP contribution in [0.25, 0.3) is 0 Å². The number of benzene rings is 1. The molecule has 0 fully saturated rings. The summed E-state index contributed by atoms with van der Waals surface area (Å²) in [4.78, 5) is 13.2. The molecule has 0 bridgehead atoms. The summed E-state index contributed by atoms with van der Waals surface area (Å²) >= 11 is 0. The Labute approximate surface area is 91.1 Å². The van der Waals surface area contributed by atoms with Gasteiger partial charge in [0.1, 0.15) is 0 Å². The van der Waals surface area contributed by atoms with Crippen molar-refractivity contribution in [2.24, 2.45) is 0 Å². The summed E-state index contributed by atoms with van der Waals surface area (Å²) in [6.45, 7) is 4.65. The minimum absolute atomic E-state index is 0.0335. The highest BCUT2D eigenvalue weighted by Gasteiger charge is 2.11. The third-order valence-electron chi connectivity index (χ3n) is 2.46. The highest BCUT2D eigenvalue weighted by molar-refractivity contribution is 5.74. The van der Waals surface area contributed by atoms with E-state index in [4.69, 9.17) is 0 Å². The van der Waals surface area contributed by atoms with Gasteiger partial charge in [0, 0.05) is 13.6 Å². The average molecular weight is 206 g/mol. The van der Waals surface area contributed by atoms with E-state index in [1.165, 1.54) is 0 Å². The second-order valence-electron chi connectivity index (χ2n) is 3.60. The smallest absolute Gasteiger partial charge is 0.317 e. The van der Waals surface area contributed by atoms with Crippen molar-refractivity contribution >= 4 is 6.03 Å². The van der Waals surface area contributed by atoms with Gasteiger partial charge in [-0.3, -0.25) is 0 Å². The third-order valence-corrected chi connectivity index (χ3v) is 2.46. The van der Waals surface area contributed by atoms with Gasteiger partial charge < -0.3 is 10.2 Å². The van der Waals surface area contributed by atoms with Crippen LogP contribution >= 0.6 is 0 Å². The molecule has 0 heterocycles. The molecular weight excluding hydrogens is 188 g/mol. The first-order valence-electron chi connectivity index (χ1n) is 5.21. The molecule has 1 aromatic rings. The maximum absolute atomic E-state index is 11.6. The number of amides is 2. The van der Waals surface area contributed by atoms with Crippen molar-refractivity contribution in [3.63, 3.8) is 0 Å². The van der Waals surface area contributed by atoms with Crippen molar-refractivity contribution in [2.45, 2.75) is 19.9 Å². The number of hydrogen-bond donors (Lipinski definition) is 1. The number of nitrogens with one attached hydrogen (secondary N) is 1. The van der Waals surface area contributed by atoms with Gasteiger partial charge in [0.2, 0.25) is 0 Å². The van der Waals surface area contributed by atoms with E-state index in [0.717, 1.165) is 5.56 Å². The SMILES string of the molecule is CCN(C)C(=O)N[C@@H](C)c1ccccc1. The molecule has 82 valence electrons. The number of urea groups is 1. The Morgan fingerprint density at radius 2 is 2.00 bits per heavy atom. The zero-order valence-electron chi connectivity index (χ0n) is 9.53. The number of carbonyl (C=O) groups excluding carboxylic acids is 1. The van der Waals surface area contributed by atoms with Gasteiger partial charge in [-0.15, -0.1) is 0 Å². The summed E-state index contributed by atoms with van der Waals surface area (Å²) in [6, 6.07) is 9.95. The second kappa shape index (κ2) is 5.39. The number of rotatable bonds is 3. The summed E-state index contributed by atoms with van der Waals surface area (Å²) in [6.07, 6.45) is 0.